The number of hydrogen-bond donors (Lipinski definition) is 2. The maximum absolute atomic E-state index is 13.1. The summed E-state index contributed by atoms with van der Waals surface area (Å²) in [6.07, 6.45) is 2.12. The number of benzene rings is 1. The lowest BCUT2D eigenvalue weighted by Crippen LogP contribution is -2.38. The van der Waals surface area contributed by atoms with Gasteiger partial charge in [0.1, 0.15) is 11.6 Å². The van der Waals surface area contributed by atoms with Gasteiger partial charge >= 0.3 is 0 Å². The van der Waals surface area contributed by atoms with E-state index in [4.69, 9.17) is 0 Å². The van der Waals surface area contributed by atoms with E-state index < -0.39 is 11.7 Å². The minimum atomic E-state index is -0.524. The summed E-state index contributed by atoms with van der Waals surface area (Å²) < 4.78 is 13.1. The van der Waals surface area contributed by atoms with Crippen LogP contribution < -0.4 is 5.32 Å². The number of carbonyl (C=O) groups excluding carboxylic acids is 1. The van der Waals surface area contributed by atoms with Crippen LogP contribution in [0.25, 0.3) is 0 Å². The van der Waals surface area contributed by atoms with E-state index in [1.54, 1.807) is 0 Å². The van der Waals surface area contributed by atoms with Crippen LogP contribution in [0, 0.1) is 11.7 Å². The van der Waals surface area contributed by atoms with Crippen molar-refractivity contribution in [3.05, 3.63) is 29.6 Å². The van der Waals surface area contributed by atoms with Crippen LogP contribution in [0.15, 0.2) is 18.2 Å². The number of nitrogens with one attached hydrogen (secondary N) is 1. The molecule has 5 heteroatoms. The highest BCUT2D eigenvalue weighted by Gasteiger charge is 2.19. The molecule has 1 fully saturated rings. The van der Waals surface area contributed by atoms with Gasteiger partial charge in [-0.05, 0) is 56.6 Å². The number of rotatable bonds is 4. The fourth-order valence-electron chi connectivity index (χ4n) is 2.53. The molecule has 1 aliphatic rings. The molecule has 1 aromatic rings. The third-order valence-corrected chi connectivity index (χ3v) is 3.91. The maximum atomic E-state index is 13.1. The minimum absolute atomic E-state index is 0.00371. The normalized spacial score (nSPS) is 17.1. The molecule has 1 aliphatic heterocycles. The maximum Gasteiger partial charge on any atom is 0.255 e. The second kappa shape index (κ2) is 6.70. The first-order valence-electron chi connectivity index (χ1n) is 7.09. The van der Waals surface area contributed by atoms with E-state index in [0.717, 1.165) is 44.6 Å². The van der Waals surface area contributed by atoms with Gasteiger partial charge in [-0.25, -0.2) is 4.39 Å². The molecule has 1 amide bonds. The molecule has 2 N–H and O–H groups in total. The zero-order chi connectivity index (χ0) is 14.5. The molecule has 0 aromatic heterocycles. The van der Waals surface area contributed by atoms with E-state index in [2.05, 4.69) is 17.1 Å². The van der Waals surface area contributed by atoms with Crippen molar-refractivity contribution in [1.82, 2.24) is 10.2 Å². The predicted octanol–water partition coefficient (Wildman–Crippen LogP) is 1.99. The average molecular weight is 280 g/mol. The molecule has 4 nitrogen and oxygen atoms in total. The largest absolute Gasteiger partial charge is 0.507 e. The Morgan fingerprint density at radius 1 is 1.45 bits per heavy atom. The van der Waals surface area contributed by atoms with E-state index >= 15 is 0 Å². The van der Waals surface area contributed by atoms with Crippen LogP contribution in [0.5, 0.6) is 5.75 Å². The molecular weight excluding hydrogens is 259 g/mol. The molecule has 2 rings (SSSR count). The van der Waals surface area contributed by atoms with Crippen molar-refractivity contribution in [3.8, 4) is 5.75 Å². The van der Waals surface area contributed by atoms with E-state index in [1.165, 1.54) is 6.07 Å². The first-order chi connectivity index (χ1) is 9.60. The fraction of sp³-hybridized carbons (Fsp3) is 0.533. The molecule has 1 aromatic carbocycles. The third-order valence-electron chi connectivity index (χ3n) is 3.91. The number of amides is 1. The average Bonchev–Trinajstić information content (AvgIpc) is 2.47. The summed E-state index contributed by atoms with van der Waals surface area (Å²) in [4.78, 5) is 14.3. The molecule has 0 radical (unpaired) electrons. The van der Waals surface area contributed by atoms with Crippen molar-refractivity contribution in [2.75, 3.05) is 26.2 Å². The summed E-state index contributed by atoms with van der Waals surface area (Å²) >= 11 is 0. The summed E-state index contributed by atoms with van der Waals surface area (Å²) in [6.45, 7) is 5.90. The minimum Gasteiger partial charge on any atom is -0.507 e. The van der Waals surface area contributed by atoms with Crippen molar-refractivity contribution in [1.29, 1.82) is 0 Å². The Labute approximate surface area is 118 Å². The van der Waals surface area contributed by atoms with Gasteiger partial charge in [-0.2, -0.15) is 0 Å². The van der Waals surface area contributed by atoms with E-state index in [9.17, 15) is 14.3 Å². The predicted molar refractivity (Wildman–Crippen MR) is 75.2 cm³/mol. The fourth-order valence-corrected chi connectivity index (χ4v) is 2.53. The smallest absolute Gasteiger partial charge is 0.255 e. The molecule has 0 aliphatic carbocycles. The van der Waals surface area contributed by atoms with Gasteiger partial charge in [-0.1, -0.05) is 6.92 Å². The van der Waals surface area contributed by atoms with Gasteiger partial charge in [0.25, 0.3) is 5.91 Å². The number of nitrogens with zero attached hydrogens (tertiary/aromatic N) is 1. The molecule has 1 heterocycles. The molecule has 0 saturated carbocycles. The van der Waals surface area contributed by atoms with E-state index in [-0.39, 0.29) is 11.3 Å². The number of piperidine rings is 1. The Morgan fingerprint density at radius 3 is 2.80 bits per heavy atom. The van der Waals surface area contributed by atoms with Crippen LogP contribution in [0.3, 0.4) is 0 Å². The van der Waals surface area contributed by atoms with Crippen molar-refractivity contribution in [2.24, 2.45) is 5.92 Å². The van der Waals surface area contributed by atoms with E-state index in [0.29, 0.717) is 12.5 Å². The van der Waals surface area contributed by atoms with Crippen LogP contribution in [0.4, 0.5) is 4.39 Å². The number of likely N-dealkylation sites (tertiary alicyclic amines) is 1. The molecular formula is C15H21FN2O2. The highest BCUT2D eigenvalue weighted by molar-refractivity contribution is 5.96. The number of halogens is 1. The summed E-state index contributed by atoms with van der Waals surface area (Å²) in [7, 11) is 0. The van der Waals surface area contributed by atoms with Crippen molar-refractivity contribution >= 4 is 5.91 Å². The highest BCUT2D eigenvalue weighted by Crippen LogP contribution is 2.19. The summed E-state index contributed by atoms with van der Waals surface area (Å²) in [6, 6.07) is 3.39. The second-order valence-corrected chi connectivity index (χ2v) is 5.25. The topological polar surface area (TPSA) is 52.6 Å². The summed E-state index contributed by atoms with van der Waals surface area (Å²) in [5.74, 6) is -0.675. The first-order valence-corrected chi connectivity index (χ1v) is 7.09. The lowest BCUT2D eigenvalue weighted by atomic mass is 9.96. The third kappa shape index (κ3) is 3.70. The highest BCUT2D eigenvalue weighted by atomic mass is 19.1. The van der Waals surface area contributed by atoms with Gasteiger partial charge in [0.05, 0.1) is 5.56 Å². The standard InChI is InChI=1S/C15H21FN2O2/c1-2-18-7-5-11(6-8-18)10-17-15(20)13-9-12(16)3-4-14(13)19/h3-4,9,11,19H,2,5-8,10H2,1H3,(H,17,20). The zero-order valence-electron chi connectivity index (χ0n) is 11.7. The molecule has 1 saturated heterocycles. The van der Waals surface area contributed by atoms with Crippen LogP contribution in [0.1, 0.15) is 30.1 Å². The van der Waals surface area contributed by atoms with Gasteiger partial charge in [0.2, 0.25) is 0 Å². The quantitative estimate of drug-likeness (QED) is 0.887. The van der Waals surface area contributed by atoms with E-state index in [1.807, 2.05) is 0 Å². The van der Waals surface area contributed by atoms with Crippen LogP contribution >= 0.6 is 0 Å². The number of phenols is 1. The van der Waals surface area contributed by atoms with Gasteiger partial charge in [-0.15, -0.1) is 0 Å². The van der Waals surface area contributed by atoms with Crippen molar-refractivity contribution in [3.63, 3.8) is 0 Å². The van der Waals surface area contributed by atoms with Crippen molar-refractivity contribution < 1.29 is 14.3 Å². The second-order valence-electron chi connectivity index (χ2n) is 5.25. The van der Waals surface area contributed by atoms with Gasteiger partial charge in [0.15, 0.2) is 0 Å². The Hall–Kier alpha value is -1.62. The van der Waals surface area contributed by atoms with Gasteiger partial charge in [0, 0.05) is 6.54 Å². The molecule has 0 unspecified atom stereocenters. The van der Waals surface area contributed by atoms with Crippen LogP contribution in [0.2, 0.25) is 0 Å². The lowest BCUT2D eigenvalue weighted by Gasteiger charge is -2.31. The Bertz CT molecular complexity index is 471. The molecule has 0 atom stereocenters. The monoisotopic (exact) mass is 280 g/mol. The summed E-state index contributed by atoms with van der Waals surface area (Å²) in [5.41, 5.74) is -0.00371. The number of carbonyl (C=O) groups is 1. The Kier molecular flexibility index (Phi) is 4.95. The van der Waals surface area contributed by atoms with Crippen LogP contribution in [-0.2, 0) is 0 Å². The molecule has 110 valence electrons. The molecule has 0 spiro atoms. The van der Waals surface area contributed by atoms with Crippen molar-refractivity contribution in [2.45, 2.75) is 19.8 Å². The number of phenolic OH excluding ortho intramolecular Hbond substituents is 1. The Balaban J connectivity index is 1.85. The molecule has 20 heavy (non-hydrogen) atoms. The Morgan fingerprint density at radius 2 is 2.15 bits per heavy atom. The molecule has 0 bridgehead atoms. The lowest BCUT2D eigenvalue weighted by molar-refractivity contribution is 0.0933. The number of hydrogen-bond acceptors (Lipinski definition) is 3. The number of aromatic hydroxyl groups is 1. The van der Waals surface area contributed by atoms with Gasteiger partial charge < -0.3 is 15.3 Å². The summed E-state index contributed by atoms with van der Waals surface area (Å²) in [5, 5.41) is 12.4. The van der Waals surface area contributed by atoms with Gasteiger partial charge in [-0.3, -0.25) is 4.79 Å². The SMILES string of the molecule is CCN1CCC(CNC(=O)c2cc(F)ccc2O)CC1. The van der Waals surface area contributed by atoms with Crippen LogP contribution in [-0.4, -0.2) is 42.1 Å². The first kappa shape index (κ1) is 14.8. The zero-order valence-corrected chi connectivity index (χ0v) is 11.7.